The zero-order valence-electron chi connectivity index (χ0n) is 11.7. The topological polar surface area (TPSA) is 34.1 Å². The number of aromatic nitrogens is 1. The maximum Gasteiger partial charge on any atom is 0.187 e. The smallest absolute Gasteiger partial charge is 0.187 e. The Hall–Kier alpha value is -1.63. The van der Waals surface area contributed by atoms with Crippen molar-refractivity contribution < 1.29 is 9.13 Å². The number of ether oxygens (including phenoxy) is 1. The van der Waals surface area contributed by atoms with Gasteiger partial charge in [0.25, 0.3) is 0 Å². The van der Waals surface area contributed by atoms with E-state index in [0.29, 0.717) is 16.6 Å². The molecule has 0 aliphatic carbocycles. The Kier molecular flexibility index (Phi) is 5.76. The highest BCUT2D eigenvalue weighted by Crippen LogP contribution is 2.26. The molecule has 1 aromatic carbocycles. The molecule has 0 fully saturated rings. The van der Waals surface area contributed by atoms with Crippen LogP contribution in [0, 0.1) is 5.82 Å². The molecule has 0 aliphatic rings. The predicted molar refractivity (Wildman–Crippen MR) is 92.7 cm³/mol. The van der Waals surface area contributed by atoms with Gasteiger partial charge < -0.3 is 10.1 Å². The largest absolute Gasteiger partial charge is 0.497 e. The molecule has 0 saturated heterocycles. The van der Waals surface area contributed by atoms with E-state index in [9.17, 15) is 4.39 Å². The highest BCUT2D eigenvalue weighted by molar-refractivity contribution is 7.13. The predicted octanol–water partition coefficient (Wildman–Crippen LogP) is 5.11. The number of rotatable bonds is 5. The maximum atomic E-state index is 13.9. The summed E-state index contributed by atoms with van der Waals surface area (Å²) in [5.41, 5.74) is 2.62. The van der Waals surface area contributed by atoms with Crippen molar-refractivity contribution in [2.24, 2.45) is 0 Å². The summed E-state index contributed by atoms with van der Waals surface area (Å²) in [6.45, 7) is 0. The molecule has 1 N–H and O–H groups in total. The van der Waals surface area contributed by atoms with Crippen molar-refractivity contribution in [3.63, 3.8) is 0 Å². The lowest BCUT2D eigenvalue weighted by atomic mass is 10.2. The van der Waals surface area contributed by atoms with Gasteiger partial charge in [0.15, 0.2) is 5.13 Å². The second kappa shape index (κ2) is 7.58. The fourth-order valence-corrected chi connectivity index (χ4v) is 3.28. The van der Waals surface area contributed by atoms with E-state index < -0.39 is 0 Å². The highest BCUT2D eigenvalue weighted by atomic mass is 35.5. The van der Waals surface area contributed by atoms with Crippen molar-refractivity contribution in [1.29, 1.82) is 0 Å². The van der Waals surface area contributed by atoms with Crippen molar-refractivity contribution in [2.45, 2.75) is 6.42 Å². The Bertz CT molecular complexity index is 731. The Morgan fingerprint density at radius 3 is 2.82 bits per heavy atom. The molecule has 2 aromatic heterocycles. The molecule has 0 unspecified atom stereocenters. The summed E-state index contributed by atoms with van der Waals surface area (Å²) in [6.07, 6.45) is 0.798. The van der Waals surface area contributed by atoms with E-state index in [1.807, 2.05) is 10.8 Å². The van der Waals surface area contributed by atoms with Crippen LogP contribution in [0.15, 0.2) is 40.4 Å². The van der Waals surface area contributed by atoms with Gasteiger partial charge in [0.2, 0.25) is 0 Å². The molecule has 2 heterocycles. The Labute approximate surface area is 142 Å². The van der Waals surface area contributed by atoms with Crippen LogP contribution in [-0.4, -0.2) is 12.1 Å². The molecule has 0 spiro atoms. The molecular weight excluding hydrogens is 343 g/mol. The van der Waals surface area contributed by atoms with Gasteiger partial charge in [-0.15, -0.1) is 23.7 Å². The van der Waals surface area contributed by atoms with E-state index in [2.05, 4.69) is 21.7 Å². The Morgan fingerprint density at radius 2 is 2.14 bits per heavy atom. The number of thiazole rings is 1. The third-order valence-electron chi connectivity index (χ3n) is 2.93. The van der Waals surface area contributed by atoms with E-state index in [4.69, 9.17) is 4.74 Å². The first kappa shape index (κ1) is 16.7. The van der Waals surface area contributed by atoms with Gasteiger partial charge >= 0.3 is 0 Å². The van der Waals surface area contributed by atoms with Crippen LogP contribution in [0.2, 0.25) is 0 Å². The van der Waals surface area contributed by atoms with E-state index in [1.54, 1.807) is 23.5 Å². The molecule has 3 rings (SSSR count). The molecule has 0 saturated carbocycles. The van der Waals surface area contributed by atoms with Crippen molar-refractivity contribution in [3.8, 4) is 5.75 Å². The van der Waals surface area contributed by atoms with E-state index >= 15 is 0 Å². The molecule has 7 heteroatoms. The number of benzene rings is 1. The Balaban J connectivity index is 0.00000176. The number of methoxy groups -OCH3 is 1. The summed E-state index contributed by atoms with van der Waals surface area (Å²) in [4.78, 5) is 4.48. The summed E-state index contributed by atoms with van der Waals surface area (Å²) in [7, 11) is 1.51. The first-order valence-corrected chi connectivity index (χ1v) is 8.13. The van der Waals surface area contributed by atoms with Gasteiger partial charge in [0, 0.05) is 17.9 Å². The van der Waals surface area contributed by atoms with Crippen LogP contribution in [0.5, 0.6) is 5.75 Å². The van der Waals surface area contributed by atoms with Crippen LogP contribution in [-0.2, 0) is 6.42 Å². The van der Waals surface area contributed by atoms with Crippen molar-refractivity contribution in [1.82, 2.24) is 4.98 Å². The lowest BCUT2D eigenvalue weighted by Gasteiger charge is -2.06. The maximum absolute atomic E-state index is 13.9. The van der Waals surface area contributed by atoms with Crippen LogP contribution in [0.1, 0.15) is 11.3 Å². The molecule has 22 heavy (non-hydrogen) atoms. The first-order chi connectivity index (χ1) is 10.2. The molecule has 0 amide bonds. The zero-order valence-corrected chi connectivity index (χ0v) is 14.2. The standard InChI is InChI=1S/C15H13FN2OS2.ClH/c1-19-12-2-3-14(13(16)7-12)18-15-17-11(9-21-15)6-10-4-5-20-8-10;/h2-5,7-9H,6H2,1H3,(H,17,18);1H. The third-order valence-corrected chi connectivity index (χ3v) is 4.47. The van der Waals surface area contributed by atoms with Crippen molar-refractivity contribution >= 4 is 45.9 Å². The summed E-state index contributed by atoms with van der Waals surface area (Å²) < 4.78 is 18.9. The Morgan fingerprint density at radius 1 is 1.27 bits per heavy atom. The molecule has 0 aliphatic heterocycles. The van der Waals surface area contributed by atoms with Crippen molar-refractivity contribution in [2.75, 3.05) is 12.4 Å². The van der Waals surface area contributed by atoms with Gasteiger partial charge in [-0.25, -0.2) is 9.37 Å². The number of nitrogens with zero attached hydrogens (tertiary/aromatic N) is 1. The first-order valence-electron chi connectivity index (χ1n) is 6.30. The summed E-state index contributed by atoms with van der Waals surface area (Å²) in [5.74, 6) is 0.138. The van der Waals surface area contributed by atoms with Gasteiger partial charge in [0.1, 0.15) is 11.6 Å². The van der Waals surface area contributed by atoms with Gasteiger partial charge in [0.05, 0.1) is 18.5 Å². The minimum absolute atomic E-state index is 0. The lowest BCUT2D eigenvalue weighted by Crippen LogP contribution is -1.95. The second-order valence-corrected chi connectivity index (χ2v) is 6.06. The van der Waals surface area contributed by atoms with Crippen LogP contribution < -0.4 is 10.1 Å². The highest BCUT2D eigenvalue weighted by Gasteiger charge is 2.08. The molecule has 3 nitrogen and oxygen atoms in total. The van der Waals surface area contributed by atoms with E-state index in [0.717, 1.165) is 12.1 Å². The third kappa shape index (κ3) is 3.97. The molecule has 116 valence electrons. The van der Waals surface area contributed by atoms with Gasteiger partial charge in [-0.3, -0.25) is 0 Å². The van der Waals surface area contributed by atoms with Crippen LogP contribution in [0.3, 0.4) is 0 Å². The molecular formula is C15H14ClFN2OS2. The quantitative estimate of drug-likeness (QED) is 0.689. The molecule has 0 atom stereocenters. The zero-order chi connectivity index (χ0) is 14.7. The SMILES string of the molecule is COc1ccc(Nc2nc(Cc3ccsc3)cs2)c(F)c1.Cl. The van der Waals surface area contributed by atoms with Gasteiger partial charge in [-0.1, -0.05) is 0 Å². The number of hydrogen-bond donors (Lipinski definition) is 1. The summed E-state index contributed by atoms with van der Waals surface area (Å²) in [5, 5.41) is 9.83. The number of halogens is 2. The monoisotopic (exact) mass is 356 g/mol. The lowest BCUT2D eigenvalue weighted by molar-refractivity contribution is 0.411. The molecule has 0 bridgehead atoms. The molecule has 0 radical (unpaired) electrons. The summed E-state index contributed by atoms with van der Waals surface area (Å²) >= 11 is 3.14. The van der Waals surface area contributed by atoms with Gasteiger partial charge in [-0.05, 0) is 34.5 Å². The van der Waals surface area contributed by atoms with Gasteiger partial charge in [-0.2, -0.15) is 11.3 Å². The number of anilines is 2. The number of thiophene rings is 1. The van der Waals surface area contributed by atoms with E-state index in [-0.39, 0.29) is 18.2 Å². The minimum Gasteiger partial charge on any atom is -0.497 e. The average molecular weight is 357 g/mol. The second-order valence-electron chi connectivity index (χ2n) is 4.42. The number of nitrogens with one attached hydrogen (secondary N) is 1. The fourth-order valence-electron chi connectivity index (χ4n) is 1.89. The van der Waals surface area contributed by atoms with E-state index in [1.165, 1.54) is 30.1 Å². The van der Waals surface area contributed by atoms with Crippen LogP contribution >= 0.6 is 35.1 Å². The fraction of sp³-hybridized carbons (Fsp3) is 0.133. The van der Waals surface area contributed by atoms with Crippen molar-refractivity contribution in [3.05, 3.63) is 57.5 Å². The normalized spacial score (nSPS) is 10.1. The molecule has 3 aromatic rings. The summed E-state index contributed by atoms with van der Waals surface area (Å²) in [6, 6.07) is 6.79. The van der Waals surface area contributed by atoms with Crippen LogP contribution in [0.25, 0.3) is 0 Å². The minimum atomic E-state index is -0.357. The average Bonchev–Trinajstić information content (AvgIpc) is 3.14. The number of hydrogen-bond acceptors (Lipinski definition) is 5. The van der Waals surface area contributed by atoms with Crippen LogP contribution in [0.4, 0.5) is 15.2 Å².